The Kier molecular flexibility index (Phi) is 5.37. The molecule has 0 fully saturated rings. The van der Waals surface area contributed by atoms with Gasteiger partial charge in [0.2, 0.25) is 0 Å². The van der Waals surface area contributed by atoms with Gasteiger partial charge in [0.1, 0.15) is 5.75 Å². The predicted octanol–water partition coefficient (Wildman–Crippen LogP) is 6.63. The molecule has 0 bridgehead atoms. The van der Waals surface area contributed by atoms with E-state index in [1.807, 2.05) is 43.5 Å². The Balaban J connectivity index is 1.84. The van der Waals surface area contributed by atoms with Crippen molar-refractivity contribution in [2.75, 3.05) is 19.5 Å². The van der Waals surface area contributed by atoms with E-state index in [-0.39, 0.29) is 0 Å². The molecule has 0 unspecified atom stereocenters. The van der Waals surface area contributed by atoms with Gasteiger partial charge in [0.25, 0.3) is 0 Å². The highest BCUT2D eigenvalue weighted by Crippen LogP contribution is 2.48. The van der Waals surface area contributed by atoms with E-state index in [0.29, 0.717) is 16.9 Å². The van der Waals surface area contributed by atoms with Gasteiger partial charge in [0, 0.05) is 34.5 Å². The van der Waals surface area contributed by atoms with E-state index in [1.54, 1.807) is 0 Å². The molecule has 4 aromatic carbocycles. The predicted molar refractivity (Wildman–Crippen MR) is 138 cm³/mol. The van der Waals surface area contributed by atoms with Gasteiger partial charge in [-0.05, 0) is 26.0 Å². The number of aryl methyl sites for hydroxylation is 2. The fraction of sp³-hybridized carbons (Fsp3) is 0.167. The van der Waals surface area contributed by atoms with E-state index in [1.165, 1.54) is 18.2 Å². The largest absolute Gasteiger partial charge is 0.472 e. The zero-order valence-corrected chi connectivity index (χ0v) is 19.8. The number of benzene rings is 4. The highest BCUT2D eigenvalue weighted by molar-refractivity contribution is 6.12. The third-order valence-electron chi connectivity index (χ3n) is 6.55. The van der Waals surface area contributed by atoms with Crippen LogP contribution in [0.25, 0.3) is 16.8 Å². The molecule has 0 spiro atoms. The second-order valence-electron chi connectivity index (χ2n) is 8.68. The molecule has 1 aliphatic rings. The van der Waals surface area contributed by atoms with Gasteiger partial charge in [-0.3, -0.25) is 0 Å². The lowest BCUT2D eigenvalue weighted by atomic mass is 9.82. The van der Waals surface area contributed by atoms with Crippen LogP contribution >= 0.6 is 0 Å². The quantitative estimate of drug-likeness (QED) is 0.355. The van der Waals surface area contributed by atoms with Crippen LogP contribution in [-0.2, 0) is 10.3 Å². The van der Waals surface area contributed by atoms with Crippen molar-refractivity contribution in [3.63, 3.8) is 0 Å². The fourth-order valence-corrected chi connectivity index (χ4v) is 4.74. The number of rotatable bonds is 4. The van der Waals surface area contributed by atoms with Crippen molar-refractivity contribution in [1.82, 2.24) is 0 Å². The fourth-order valence-electron chi connectivity index (χ4n) is 4.74. The summed E-state index contributed by atoms with van der Waals surface area (Å²) in [6.07, 6.45) is 4.05. The minimum atomic E-state index is -0.842. The van der Waals surface area contributed by atoms with Gasteiger partial charge in [0.15, 0.2) is 5.60 Å². The molecule has 5 rings (SSSR count). The van der Waals surface area contributed by atoms with E-state index in [2.05, 4.69) is 67.7 Å². The van der Waals surface area contributed by atoms with Crippen LogP contribution in [0.3, 0.4) is 0 Å². The number of fused-ring (bicyclic) bond motifs is 3. The molecule has 4 heteroatoms. The highest BCUT2D eigenvalue weighted by Gasteiger charge is 2.39. The molecule has 0 saturated heterocycles. The minimum Gasteiger partial charge on any atom is -0.472 e. The molecule has 4 nitrogen and oxygen atoms in total. The van der Waals surface area contributed by atoms with Crippen LogP contribution in [0, 0.1) is 13.8 Å². The summed E-state index contributed by atoms with van der Waals surface area (Å²) in [5.41, 5.74) is 5.47. The monoisotopic (exact) mass is 449 g/mol. The van der Waals surface area contributed by atoms with Crippen LogP contribution in [0.4, 0.5) is 5.69 Å². The van der Waals surface area contributed by atoms with Gasteiger partial charge < -0.3 is 14.8 Å². The highest BCUT2D eigenvalue weighted by atomic mass is 16.5. The molecule has 1 aliphatic heterocycles. The Labute approximate surface area is 199 Å². The third-order valence-corrected chi connectivity index (χ3v) is 6.55. The smallest absolute Gasteiger partial charge is 0.340 e. The van der Waals surface area contributed by atoms with Crippen molar-refractivity contribution < 1.29 is 14.3 Å². The molecule has 4 aromatic rings. The molecule has 34 heavy (non-hydrogen) atoms. The summed E-state index contributed by atoms with van der Waals surface area (Å²) >= 11 is 0. The second kappa shape index (κ2) is 8.38. The first-order chi connectivity index (χ1) is 16.5. The number of methoxy groups -OCH3 is 1. The maximum atomic E-state index is 12.9. The average molecular weight is 450 g/mol. The molecule has 170 valence electrons. The molecule has 1 N–H and O–H groups in total. The normalized spacial score (nSPS) is 13.8. The Bertz CT molecular complexity index is 1370. The SMILES string of the molecule is CNc1c(C(=O)OC)c2c(c3ccccc13)OC(c1ccc(C)cc1)(c1ccc(C)cc1)C=C2. The van der Waals surface area contributed by atoms with Crippen LogP contribution in [0.2, 0.25) is 0 Å². The van der Waals surface area contributed by atoms with Crippen LogP contribution in [-0.4, -0.2) is 20.1 Å². The van der Waals surface area contributed by atoms with Gasteiger partial charge in [-0.1, -0.05) is 83.9 Å². The molecular weight excluding hydrogens is 422 g/mol. The number of ether oxygens (including phenoxy) is 2. The van der Waals surface area contributed by atoms with Gasteiger partial charge in [-0.15, -0.1) is 0 Å². The summed E-state index contributed by atoms with van der Waals surface area (Å²) < 4.78 is 12.2. The maximum Gasteiger partial charge on any atom is 0.340 e. The lowest BCUT2D eigenvalue weighted by molar-refractivity contribution is 0.0600. The first kappa shape index (κ1) is 21.8. The molecule has 0 saturated carbocycles. The maximum absolute atomic E-state index is 12.9. The molecule has 1 heterocycles. The number of anilines is 1. The van der Waals surface area contributed by atoms with Crippen molar-refractivity contribution in [3.05, 3.63) is 112 Å². The zero-order chi connectivity index (χ0) is 23.9. The van der Waals surface area contributed by atoms with Crippen LogP contribution < -0.4 is 10.1 Å². The molecule has 0 radical (unpaired) electrons. The molecule has 0 amide bonds. The van der Waals surface area contributed by atoms with Gasteiger partial charge >= 0.3 is 5.97 Å². The van der Waals surface area contributed by atoms with E-state index in [4.69, 9.17) is 9.47 Å². The summed E-state index contributed by atoms with van der Waals surface area (Å²) in [6.45, 7) is 4.15. The third kappa shape index (κ3) is 3.34. The Hall–Kier alpha value is -4.05. The summed E-state index contributed by atoms with van der Waals surface area (Å²) in [6, 6.07) is 24.8. The number of hydrogen-bond acceptors (Lipinski definition) is 4. The zero-order valence-electron chi connectivity index (χ0n) is 19.8. The second-order valence-corrected chi connectivity index (χ2v) is 8.68. The van der Waals surface area contributed by atoms with Gasteiger partial charge in [-0.2, -0.15) is 0 Å². The van der Waals surface area contributed by atoms with Gasteiger partial charge in [-0.25, -0.2) is 4.79 Å². The van der Waals surface area contributed by atoms with E-state index < -0.39 is 11.6 Å². The van der Waals surface area contributed by atoms with E-state index in [0.717, 1.165) is 27.6 Å². The van der Waals surface area contributed by atoms with Crippen molar-refractivity contribution in [2.45, 2.75) is 19.4 Å². The van der Waals surface area contributed by atoms with Crippen LogP contribution in [0.5, 0.6) is 5.75 Å². The van der Waals surface area contributed by atoms with Crippen molar-refractivity contribution in [3.8, 4) is 5.75 Å². The van der Waals surface area contributed by atoms with E-state index in [9.17, 15) is 4.79 Å². The number of nitrogens with one attached hydrogen (secondary N) is 1. The first-order valence-electron chi connectivity index (χ1n) is 11.4. The molecule has 0 atom stereocenters. The van der Waals surface area contributed by atoms with Crippen molar-refractivity contribution in [2.24, 2.45) is 0 Å². The lowest BCUT2D eigenvalue weighted by Gasteiger charge is -2.37. The Morgan fingerprint density at radius 1 is 0.853 bits per heavy atom. The first-order valence-corrected chi connectivity index (χ1v) is 11.4. The summed E-state index contributed by atoms with van der Waals surface area (Å²) in [5, 5.41) is 5.05. The summed E-state index contributed by atoms with van der Waals surface area (Å²) in [4.78, 5) is 12.9. The summed E-state index contributed by atoms with van der Waals surface area (Å²) in [5.74, 6) is 0.261. The van der Waals surface area contributed by atoms with Gasteiger partial charge in [0.05, 0.1) is 18.4 Å². The number of hydrogen-bond donors (Lipinski definition) is 1. The topological polar surface area (TPSA) is 47.6 Å². The van der Waals surface area contributed by atoms with Crippen LogP contribution in [0.15, 0.2) is 78.9 Å². The van der Waals surface area contributed by atoms with Crippen molar-refractivity contribution >= 4 is 28.5 Å². The Morgan fingerprint density at radius 2 is 1.41 bits per heavy atom. The number of carbonyl (C=O) groups is 1. The molecule has 0 aliphatic carbocycles. The van der Waals surface area contributed by atoms with Crippen LogP contribution in [0.1, 0.15) is 38.2 Å². The van der Waals surface area contributed by atoms with Crippen molar-refractivity contribution in [1.29, 1.82) is 0 Å². The Morgan fingerprint density at radius 3 is 1.94 bits per heavy atom. The molecular formula is C30H27NO3. The standard InChI is InChI=1S/C30H27NO3/c1-19-9-13-21(14-10-19)30(22-15-11-20(2)12-16-22)18-17-25-26(29(32)33-4)27(31-3)23-7-5-6-8-24(23)28(25)34-30/h5-18,31H,1-4H3. The minimum absolute atomic E-state index is 0.405. The number of carbonyl (C=O) groups excluding carboxylic acids is 1. The average Bonchev–Trinajstić information content (AvgIpc) is 2.88. The summed E-state index contributed by atoms with van der Waals surface area (Å²) in [7, 11) is 3.22. The molecule has 0 aromatic heterocycles. The van der Waals surface area contributed by atoms with E-state index >= 15 is 0 Å². The lowest BCUT2D eigenvalue weighted by Crippen LogP contribution is -2.35. The number of esters is 1.